The van der Waals surface area contributed by atoms with Gasteiger partial charge in [0.15, 0.2) is 0 Å². The van der Waals surface area contributed by atoms with Crippen molar-refractivity contribution in [3.8, 4) is 0 Å². The fourth-order valence-corrected chi connectivity index (χ4v) is 2.22. The van der Waals surface area contributed by atoms with Crippen molar-refractivity contribution in [3.05, 3.63) is 24.3 Å². The van der Waals surface area contributed by atoms with Gasteiger partial charge in [-0.15, -0.1) is 12.4 Å². The Morgan fingerprint density at radius 1 is 1.14 bits per heavy atom. The fourth-order valence-electron chi connectivity index (χ4n) is 2.22. The molecule has 0 aliphatic carbocycles. The molecule has 1 aromatic rings. The first-order valence-corrected chi connectivity index (χ1v) is 7.34. The lowest BCUT2D eigenvalue weighted by atomic mass is 9.89. The van der Waals surface area contributed by atoms with Crippen LogP contribution in [0.5, 0.6) is 0 Å². The van der Waals surface area contributed by atoms with Crippen molar-refractivity contribution in [2.24, 2.45) is 11.3 Å². The summed E-state index contributed by atoms with van der Waals surface area (Å²) < 4.78 is 0. The van der Waals surface area contributed by atoms with Crippen LogP contribution >= 0.6 is 12.4 Å². The topological polar surface area (TPSA) is 70.2 Å². The summed E-state index contributed by atoms with van der Waals surface area (Å²) in [5.41, 5.74) is 1.14. The lowest BCUT2D eigenvalue weighted by molar-refractivity contribution is -0.123. The molecule has 0 spiro atoms. The molecule has 3 N–H and O–H groups in total. The molecule has 1 heterocycles. The Balaban J connectivity index is 0.00000242. The average Bonchev–Trinajstić information content (AvgIpc) is 2.89. The van der Waals surface area contributed by atoms with Gasteiger partial charge in [0.1, 0.15) is 0 Å². The summed E-state index contributed by atoms with van der Waals surface area (Å²) in [5, 5.41) is 8.97. The molecule has 122 valence electrons. The predicted octanol–water partition coefficient (Wildman–Crippen LogP) is 2.64. The number of amides is 2. The lowest BCUT2D eigenvalue weighted by Gasteiger charge is -2.21. The number of nitrogens with one attached hydrogen (secondary N) is 3. The van der Waals surface area contributed by atoms with E-state index in [1.807, 2.05) is 20.8 Å². The summed E-state index contributed by atoms with van der Waals surface area (Å²) in [6.07, 6.45) is 0.849. The molecule has 0 radical (unpaired) electrons. The van der Waals surface area contributed by atoms with Crippen molar-refractivity contribution < 1.29 is 9.59 Å². The third-order valence-electron chi connectivity index (χ3n) is 3.85. The summed E-state index contributed by atoms with van der Waals surface area (Å²) in [6, 6.07) is 7.20. The van der Waals surface area contributed by atoms with Crippen LogP contribution in [0.2, 0.25) is 0 Å². The van der Waals surface area contributed by atoms with Crippen molar-refractivity contribution in [2.45, 2.75) is 27.2 Å². The van der Waals surface area contributed by atoms with Gasteiger partial charge in [-0.3, -0.25) is 9.59 Å². The zero-order valence-corrected chi connectivity index (χ0v) is 14.0. The van der Waals surface area contributed by atoms with Gasteiger partial charge in [0.05, 0.1) is 5.41 Å². The second kappa shape index (κ2) is 7.61. The molecule has 2 amide bonds. The Kier molecular flexibility index (Phi) is 6.38. The van der Waals surface area contributed by atoms with Crippen LogP contribution in [0.25, 0.3) is 0 Å². The molecule has 1 fully saturated rings. The van der Waals surface area contributed by atoms with Crippen LogP contribution in [0, 0.1) is 11.3 Å². The zero-order valence-electron chi connectivity index (χ0n) is 13.2. The van der Waals surface area contributed by atoms with Gasteiger partial charge in [0.25, 0.3) is 0 Å². The number of hydrogen-bond donors (Lipinski definition) is 3. The molecule has 1 atom stereocenters. The molecule has 5 nitrogen and oxygen atoms in total. The molecule has 1 saturated heterocycles. The summed E-state index contributed by atoms with van der Waals surface area (Å²) in [6.45, 7) is 7.26. The highest BCUT2D eigenvalue weighted by Crippen LogP contribution is 2.26. The summed E-state index contributed by atoms with van der Waals surface area (Å²) >= 11 is 0. The highest BCUT2D eigenvalue weighted by atomic mass is 35.5. The Bertz CT molecular complexity index is 523. The third kappa shape index (κ3) is 4.45. The minimum Gasteiger partial charge on any atom is -0.326 e. The minimum absolute atomic E-state index is 0. The molecule has 1 aliphatic heterocycles. The van der Waals surface area contributed by atoms with Crippen LogP contribution in [-0.4, -0.2) is 24.9 Å². The summed E-state index contributed by atoms with van der Waals surface area (Å²) in [5.74, 6) is -0.0398. The van der Waals surface area contributed by atoms with Gasteiger partial charge in [0.2, 0.25) is 11.8 Å². The van der Waals surface area contributed by atoms with Crippen molar-refractivity contribution in [1.29, 1.82) is 0 Å². The molecule has 1 aromatic carbocycles. The van der Waals surface area contributed by atoms with Gasteiger partial charge < -0.3 is 16.0 Å². The van der Waals surface area contributed by atoms with Crippen LogP contribution in [0.1, 0.15) is 27.2 Å². The molecular weight excluding hydrogens is 302 g/mol. The number of carbonyl (C=O) groups excluding carboxylic acids is 2. The van der Waals surface area contributed by atoms with Crippen LogP contribution < -0.4 is 16.0 Å². The smallest absolute Gasteiger partial charge is 0.231 e. The van der Waals surface area contributed by atoms with Crippen LogP contribution in [0.4, 0.5) is 11.4 Å². The maximum atomic E-state index is 12.3. The van der Waals surface area contributed by atoms with E-state index in [0.717, 1.165) is 24.3 Å². The average molecular weight is 326 g/mol. The number of rotatable bonds is 4. The predicted molar refractivity (Wildman–Crippen MR) is 91.4 cm³/mol. The lowest BCUT2D eigenvalue weighted by Crippen LogP contribution is -2.35. The van der Waals surface area contributed by atoms with E-state index in [-0.39, 0.29) is 35.6 Å². The zero-order chi connectivity index (χ0) is 15.5. The van der Waals surface area contributed by atoms with Crippen LogP contribution in [0.15, 0.2) is 24.3 Å². The quantitative estimate of drug-likeness (QED) is 0.797. The van der Waals surface area contributed by atoms with Crippen LogP contribution in [-0.2, 0) is 9.59 Å². The van der Waals surface area contributed by atoms with Gasteiger partial charge >= 0.3 is 0 Å². The third-order valence-corrected chi connectivity index (χ3v) is 3.85. The van der Waals surface area contributed by atoms with E-state index in [2.05, 4.69) is 16.0 Å². The Morgan fingerprint density at radius 2 is 1.68 bits per heavy atom. The highest BCUT2D eigenvalue weighted by Gasteiger charge is 2.36. The van der Waals surface area contributed by atoms with Gasteiger partial charge in [-0.1, -0.05) is 13.8 Å². The molecule has 1 aliphatic rings. The molecular formula is C16H24ClN3O2. The largest absolute Gasteiger partial charge is 0.326 e. The number of benzene rings is 1. The second-order valence-electron chi connectivity index (χ2n) is 6.16. The van der Waals surface area contributed by atoms with Crippen molar-refractivity contribution in [2.75, 3.05) is 23.7 Å². The monoisotopic (exact) mass is 325 g/mol. The summed E-state index contributed by atoms with van der Waals surface area (Å²) in [7, 11) is 0. The number of anilines is 2. The standard InChI is InChI=1S/C16H23N3O2.ClH/c1-11(2)14(20)18-12-4-6-13(7-5-12)19-15(21)16(3)8-9-17-10-16;/h4-7,11,17H,8-10H2,1-3H3,(H,18,20)(H,19,21);1H. The van der Waals surface area contributed by atoms with E-state index in [1.54, 1.807) is 24.3 Å². The van der Waals surface area contributed by atoms with Gasteiger partial charge in [0, 0.05) is 23.8 Å². The maximum absolute atomic E-state index is 12.3. The number of hydrogen-bond acceptors (Lipinski definition) is 3. The molecule has 2 rings (SSSR count). The van der Waals surface area contributed by atoms with E-state index < -0.39 is 0 Å². The summed E-state index contributed by atoms with van der Waals surface area (Å²) in [4.78, 5) is 23.9. The Labute approximate surface area is 137 Å². The Hall–Kier alpha value is -1.59. The molecule has 6 heteroatoms. The number of halogens is 1. The van der Waals surface area contributed by atoms with E-state index in [4.69, 9.17) is 0 Å². The molecule has 22 heavy (non-hydrogen) atoms. The normalized spacial score (nSPS) is 20.4. The van der Waals surface area contributed by atoms with E-state index >= 15 is 0 Å². The van der Waals surface area contributed by atoms with E-state index in [1.165, 1.54) is 0 Å². The van der Waals surface area contributed by atoms with E-state index in [0.29, 0.717) is 6.54 Å². The maximum Gasteiger partial charge on any atom is 0.231 e. The van der Waals surface area contributed by atoms with E-state index in [9.17, 15) is 9.59 Å². The van der Waals surface area contributed by atoms with Crippen molar-refractivity contribution >= 4 is 35.6 Å². The minimum atomic E-state index is -0.343. The molecule has 0 bridgehead atoms. The molecule has 1 unspecified atom stereocenters. The first kappa shape index (κ1) is 18.5. The van der Waals surface area contributed by atoms with Gasteiger partial charge in [-0.25, -0.2) is 0 Å². The first-order chi connectivity index (χ1) is 9.90. The first-order valence-electron chi connectivity index (χ1n) is 7.34. The fraction of sp³-hybridized carbons (Fsp3) is 0.500. The highest BCUT2D eigenvalue weighted by molar-refractivity contribution is 5.96. The van der Waals surface area contributed by atoms with Crippen molar-refractivity contribution in [3.63, 3.8) is 0 Å². The van der Waals surface area contributed by atoms with Crippen molar-refractivity contribution in [1.82, 2.24) is 5.32 Å². The van der Waals surface area contributed by atoms with Gasteiger partial charge in [-0.2, -0.15) is 0 Å². The SMILES string of the molecule is CC(C)C(=O)Nc1ccc(NC(=O)C2(C)CCNC2)cc1.Cl. The van der Waals surface area contributed by atoms with Crippen LogP contribution in [0.3, 0.4) is 0 Å². The molecule has 0 saturated carbocycles. The second-order valence-corrected chi connectivity index (χ2v) is 6.16. The van der Waals surface area contributed by atoms with Gasteiger partial charge in [-0.05, 0) is 44.2 Å². The Morgan fingerprint density at radius 3 is 2.14 bits per heavy atom. The molecule has 0 aromatic heterocycles. The number of carbonyl (C=O) groups is 2.